The number of aromatic nitrogens is 4. The fraction of sp³-hybridized carbons (Fsp3) is 0.621. The Kier molecular flexibility index (Phi) is 6.29. The van der Waals surface area contributed by atoms with Crippen molar-refractivity contribution in [1.82, 2.24) is 25.4 Å². The number of nitrogens with zero attached hydrogens (tertiary/aromatic N) is 3. The van der Waals surface area contributed by atoms with Crippen molar-refractivity contribution in [2.75, 3.05) is 11.9 Å². The Hall–Kier alpha value is -3.47. The molecule has 4 bridgehead atoms. The number of carbonyl (C=O) groups is 2. The SMILES string of the molecule is CCOC(=O)C1CCC(NC(=O)c2noc(-c3cnc4[nH]ccc4c3NC34CC5C[C@H](C3)C(O)[C@@H](C5)C4)n2)CC1. The highest BCUT2D eigenvalue weighted by Crippen LogP contribution is 2.57. The lowest BCUT2D eigenvalue weighted by Crippen LogP contribution is -2.60. The van der Waals surface area contributed by atoms with E-state index in [1.807, 2.05) is 19.2 Å². The number of hydrogen-bond donors (Lipinski definition) is 4. The van der Waals surface area contributed by atoms with Gasteiger partial charge in [-0.15, -0.1) is 0 Å². The fourth-order valence-corrected chi connectivity index (χ4v) is 8.13. The molecule has 0 spiro atoms. The molecule has 3 unspecified atom stereocenters. The number of aliphatic hydroxyl groups excluding tert-OH is 1. The van der Waals surface area contributed by atoms with Crippen LogP contribution < -0.4 is 10.6 Å². The number of ether oxygens (including phenoxy) is 1. The van der Waals surface area contributed by atoms with Gasteiger partial charge in [-0.3, -0.25) is 9.59 Å². The van der Waals surface area contributed by atoms with Gasteiger partial charge < -0.3 is 30.0 Å². The molecule has 3 aromatic rings. The predicted molar refractivity (Wildman–Crippen MR) is 145 cm³/mol. The summed E-state index contributed by atoms with van der Waals surface area (Å²) in [7, 11) is 0. The summed E-state index contributed by atoms with van der Waals surface area (Å²) in [4.78, 5) is 37.3. The minimum absolute atomic E-state index is 0.0273. The molecule has 0 aliphatic heterocycles. The molecule has 212 valence electrons. The van der Waals surface area contributed by atoms with Crippen molar-refractivity contribution < 1.29 is 24.0 Å². The molecule has 3 heterocycles. The Balaban J connectivity index is 1.10. The van der Waals surface area contributed by atoms with Crippen molar-refractivity contribution in [3.8, 4) is 11.5 Å². The molecule has 0 saturated heterocycles. The monoisotopic (exact) mass is 548 g/mol. The van der Waals surface area contributed by atoms with Gasteiger partial charge in [-0.25, -0.2) is 4.98 Å². The predicted octanol–water partition coefficient (Wildman–Crippen LogP) is 3.82. The molecule has 5 aliphatic carbocycles. The second-order valence-corrected chi connectivity index (χ2v) is 12.3. The van der Waals surface area contributed by atoms with Crippen LogP contribution in [0.2, 0.25) is 0 Å². The van der Waals surface area contributed by atoms with Gasteiger partial charge >= 0.3 is 5.97 Å². The molecular weight excluding hydrogens is 512 g/mol. The zero-order valence-electron chi connectivity index (χ0n) is 22.7. The quantitative estimate of drug-likeness (QED) is 0.323. The Morgan fingerprint density at radius 2 is 1.95 bits per heavy atom. The van der Waals surface area contributed by atoms with Gasteiger partial charge in [0.05, 0.1) is 29.9 Å². The molecule has 40 heavy (non-hydrogen) atoms. The van der Waals surface area contributed by atoms with Crippen molar-refractivity contribution in [2.24, 2.45) is 23.7 Å². The number of nitrogens with one attached hydrogen (secondary N) is 3. The van der Waals surface area contributed by atoms with Crippen LogP contribution in [0, 0.1) is 23.7 Å². The van der Waals surface area contributed by atoms with Gasteiger partial charge in [-0.2, -0.15) is 4.98 Å². The van der Waals surface area contributed by atoms with E-state index < -0.39 is 5.91 Å². The minimum atomic E-state index is -0.394. The van der Waals surface area contributed by atoms with Gasteiger partial charge in [0.25, 0.3) is 17.6 Å². The van der Waals surface area contributed by atoms with Crippen LogP contribution in [0.15, 0.2) is 23.0 Å². The van der Waals surface area contributed by atoms with Crippen LogP contribution in [-0.4, -0.2) is 61.4 Å². The van der Waals surface area contributed by atoms with Crippen LogP contribution in [-0.2, 0) is 9.53 Å². The highest BCUT2D eigenvalue weighted by molar-refractivity contribution is 5.98. The number of fused-ring (bicyclic) bond motifs is 1. The number of aromatic amines is 1. The van der Waals surface area contributed by atoms with E-state index in [9.17, 15) is 14.7 Å². The number of esters is 1. The van der Waals surface area contributed by atoms with Crippen molar-refractivity contribution in [1.29, 1.82) is 0 Å². The van der Waals surface area contributed by atoms with E-state index in [4.69, 9.17) is 9.26 Å². The number of carbonyl (C=O) groups excluding carboxylic acids is 2. The van der Waals surface area contributed by atoms with E-state index in [1.54, 1.807) is 6.20 Å². The first-order chi connectivity index (χ1) is 19.4. The van der Waals surface area contributed by atoms with Crippen molar-refractivity contribution in [2.45, 2.75) is 82.4 Å². The number of amides is 1. The van der Waals surface area contributed by atoms with Gasteiger partial charge in [0.15, 0.2) is 0 Å². The first kappa shape index (κ1) is 25.5. The van der Waals surface area contributed by atoms with Gasteiger partial charge in [0.2, 0.25) is 0 Å². The molecule has 8 rings (SSSR count). The number of rotatable bonds is 7. The van der Waals surface area contributed by atoms with E-state index in [0.717, 1.165) is 48.8 Å². The van der Waals surface area contributed by atoms with E-state index in [2.05, 4.69) is 30.7 Å². The van der Waals surface area contributed by atoms with Crippen LogP contribution in [0.1, 0.15) is 75.3 Å². The number of hydrogen-bond acceptors (Lipinski definition) is 9. The Labute approximate surface area is 231 Å². The van der Waals surface area contributed by atoms with E-state index in [0.29, 0.717) is 55.6 Å². The van der Waals surface area contributed by atoms with Crippen LogP contribution in [0.3, 0.4) is 0 Å². The summed E-state index contributed by atoms with van der Waals surface area (Å²) in [6.07, 6.45) is 11.3. The van der Waals surface area contributed by atoms with E-state index >= 15 is 0 Å². The summed E-state index contributed by atoms with van der Waals surface area (Å²) in [6.45, 7) is 2.19. The molecule has 11 heteroatoms. The van der Waals surface area contributed by atoms with Crippen LogP contribution in [0.4, 0.5) is 5.69 Å². The number of aliphatic hydroxyl groups is 1. The molecule has 5 atom stereocenters. The zero-order chi connectivity index (χ0) is 27.4. The molecule has 11 nitrogen and oxygen atoms in total. The third-order valence-corrected chi connectivity index (χ3v) is 9.74. The average Bonchev–Trinajstić information content (AvgIpc) is 3.62. The molecular formula is C29H36N6O5. The molecule has 4 N–H and O–H groups in total. The number of pyridine rings is 1. The molecule has 1 amide bonds. The summed E-state index contributed by atoms with van der Waals surface area (Å²) in [5.41, 5.74) is 2.19. The van der Waals surface area contributed by atoms with Crippen molar-refractivity contribution >= 4 is 28.6 Å². The van der Waals surface area contributed by atoms with E-state index in [1.165, 1.54) is 0 Å². The maximum absolute atomic E-state index is 13.0. The first-order valence-electron chi connectivity index (χ1n) is 14.7. The van der Waals surface area contributed by atoms with Crippen LogP contribution in [0.5, 0.6) is 0 Å². The summed E-state index contributed by atoms with van der Waals surface area (Å²) in [5.74, 6) is 0.843. The topological polar surface area (TPSA) is 155 Å². The lowest BCUT2D eigenvalue weighted by Gasteiger charge is -2.59. The number of H-pyrrole nitrogens is 1. The molecule has 5 fully saturated rings. The zero-order valence-corrected chi connectivity index (χ0v) is 22.7. The standard InChI is InChI=1S/C29H36N6O5/c1-2-39-28(38)16-3-5-19(6-4-16)32-26(37)25-33-27(40-35-25)21-14-31-24-20(7-8-30-24)22(21)34-29-11-15-9-17(12-29)23(36)18(10-15)13-29/h7-8,14-19,23,36H,2-6,9-13H2,1H3,(H,32,37)(H2,30,31,34)/t15?,16?,17-,18+,19?,23?,29?. The van der Waals surface area contributed by atoms with Crippen molar-refractivity contribution in [3.63, 3.8) is 0 Å². The lowest BCUT2D eigenvalue weighted by atomic mass is 9.51. The summed E-state index contributed by atoms with van der Waals surface area (Å²) in [5, 5.41) is 22.6. The molecule has 3 aromatic heterocycles. The maximum Gasteiger partial charge on any atom is 0.308 e. The third-order valence-electron chi connectivity index (χ3n) is 9.74. The molecule has 0 aromatic carbocycles. The molecule has 0 radical (unpaired) electrons. The lowest BCUT2D eigenvalue weighted by molar-refractivity contribution is -0.149. The summed E-state index contributed by atoms with van der Waals surface area (Å²) in [6, 6.07) is 1.93. The highest BCUT2D eigenvalue weighted by atomic mass is 16.5. The Morgan fingerprint density at radius 1 is 1.18 bits per heavy atom. The second kappa shape index (κ2) is 9.87. The highest BCUT2D eigenvalue weighted by Gasteiger charge is 2.55. The van der Waals surface area contributed by atoms with Crippen LogP contribution >= 0.6 is 0 Å². The first-order valence-corrected chi connectivity index (χ1v) is 14.7. The van der Waals surface area contributed by atoms with Crippen molar-refractivity contribution in [3.05, 3.63) is 24.3 Å². The smallest absolute Gasteiger partial charge is 0.308 e. The van der Waals surface area contributed by atoms with Gasteiger partial charge in [-0.1, -0.05) is 5.16 Å². The molecule has 5 aliphatic rings. The average molecular weight is 549 g/mol. The second-order valence-electron chi connectivity index (χ2n) is 12.3. The normalized spacial score (nSPS) is 32.8. The largest absolute Gasteiger partial charge is 0.466 e. The van der Waals surface area contributed by atoms with Crippen LogP contribution in [0.25, 0.3) is 22.5 Å². The Bertz CT molecular complexity index is 1410. The van der Waals surface area contributed by atoms with Gasteiger partial charge in [0.1, 0.15) is 5.65 Å². The Morgan fingerprint density at radius 3 is 2.70 bits per heavy atom. The van der Waals surface area contributed by atoms with Gasteiger partial charge in [-0.05, 0) is 88.5 Å². The molecule has 5 saturated carbocycles. The maximum atomic E-state index is 13.0. The minimum Gasteiger partial charge on any atom is -0.466 e. The summed E-state index contributed by atoms with van der Waals surface area (Å²) >= 11 is 0. The fourth-order valence-electron chi connectivity index (χ4n) is 8.13. The summed E-state index contributed by atoms with van der Waals surface area (Å²) < 4.78 is 10.8. The van der Waals surface area contributed by atoms with E-state index in [-0.39, 0.29) is 41.3 Å². The third kappa shape index (κ3) is 4.44. The van der Waals surface area contributed by atoms with Gasteiger partial charge in [0, 0.05) is 29.4 Å². The number of anilines is 1.